The summed E-state index contributed by atoms with van der Waals surface area (Å²) < 4.78 is 5.49. The van der Waals surface area contributed by atoms with Crippen molar-refractivity contribution in [2.45, 2.75) is 20.0 Å². The number of likely N-dealkylation sites (N-methyl/N-ethyl adjacent to an activating group) is 1. The monoisotopic (exact) mass is 224 g/mol. The van der Waals surface area contributed by atoms with E-state index in [9.17, 15) is 0 Å². The molecular weight excluding hydrogens is 204 g/mol. The molecule has 0 fully saturated rings. The highest BCUT2D eigenvalue weighted by Crippen LogP contribution is 2.11. The molecule has 5 heteroatoms. The normalized spacial score (nSPS) is 10.6. The predicted octanol–water partition coefficient (Wildman–Crippen LogP) is 1.38. The molecule has 0 radical (unpaired) electrons. The second-order valence-corrected chi connectivity index (χ2v) is 3.85. The first kappa shape index (κ1) is 12.7. The number of anilines is 2. The second-order valence-electron chi connectivity index (χ2n) is 3.85. The number of hydrogen-bond acceptors (Lipinski definition) is 5. The van der Waals surface area contributed by atoms with E-state index in [0.717, 1.165) is 18.2 Å². The number of ether oxygens (including phenoxy) is 1. The van der Waals surface area contributed by atoms with Gasteiger partial charge in [0.05, 0.1) is 12.7 Å². The molecule has 0 spiro atoms. The Kier molecular flexibility index (Phi) is 4.98. The standard InChI is InChI=1S/C11H20N4O/c1-9(2)16-6-5-15(4)11-7-10(12-3)13-8-14-11/h7-9H,5-6H2,1-4H3,(H,12,13,14). The van der Waals surface area contributed by atoms with Gasteiger partial charge in [-0.25, -0.2) is 9.97 Å². The number of aromatic nitrogens is 2. The van der Waals surface area contributed by atoms with E-state index in [4.69, 9.17) is 4.74 Å². The third kappa shape index (κ3) is 4.02. The van der Waals surface area contributed by atoms with Crippen LogP contribution in [0.5, 0.6) is 0 Å². The lowest BCUT2D eigenvalue weighted by atomic mass is 10.4. The van der Waals surface area contributed by atoms with Gasteiger partial charge in [-0.3, -0.25) is 0 Å². The maximum atomic E-state index is 5.49. The van der Waals surface area contributed by atoms with Crippen LogP contribution in [0.3, 0.4) is 0 Å². The third-order valence-electron chi connectivity index (χ3n) is 2.18. The molecule has 0 aromatic carbocycles. The molecule has 0 aliphatic carbocycles. The van der Waals surface area contributed by atoms with Crippen LogP contribution in [0.4, 0.5) is 11.6 Å². The van der Waals surface area contributed by atoms with E-state index >= 15 is 0 Å². The molecule has 0 aliphatic heterocycles. The molecule has 5 nitrogen and oxygen atoms in total. The largest absolute Gasteiger partial charge is 0.377 e. The van der Waals surface area contributed by atoms with Gasteiger partial charge in [0, 0.05) is 26.7 Å². The van der Waals surface area contributed by atoms with Gasteiger partial charge in [0.1, 0.15) is 18.0 Å². The Labute approximate surface area is 96.8 Å². The third-order valence-corrected chi connectivity index (χ3v) is 2.18. The van der Waals surface area contributed by atoms with Crippen molar-refractivity contribution in [3.05, 3.63) is 12.4 Å². The first-order chi connectivity index (χ1) is 7.63. The fraction of sp³-hybridized carbons (Fsp3) is 0.636. The minimum atomic E-state index is 0.270. The van der Waals surface area contributed by atoms with Crippen molar-refractivity contribution in [2.24, 2.45) is 0 Å². The van der Waals surface area contributed by atoms with Crippen LogP contribution in [0.2, 0.25) is 0 Å². The topological polar surface area (TPSA) is 50.3 Å². The van der Waals surface area contributed by atoms with Crippen LogP contribution in [0.15, 0.2) is 12.4 Å². The van der Waals surface area contributed by atoms with Crippen molar-refractivity contribution in [1.29, 1.82) is 0 Å². The highest BCUT2D eigenvalue weighted by Gasteiger charge is 2.04. The van der Waals surface area contributed by atoms with E-state index in [-0.39, 0.29) is 6.10 Å². The summed E-state index contributed by atoms with van der Waals surface area (Å²) in [6.07, 6.45) is 1.83. The Balaban J connectivity index is 2.48. The average Bonchev–Trinajstić information content (AvgIpc) is 2.28. The molecule has 1 aromatic rings. The molecule has 0 aliphatic rings. The molecule has 0 unspecified atom stereocenters. The smallest absolute Gasteiger partial charge is 0.133 e. The Morgan fingerprint density at radius 3 is 2.81 bits per heavy atom. The molecule has 16 heavy (non-hydrogen) atoms. The number of rotatable bonds is 6. The molecule has 0 atom stereocenters. The molecule has 1 heterocycles. The SMILES string of the molecule is CNc1cc(N(C)CCOC(C)C)ncn1. The van der Waals surface area contributed by atoms with Gasteiger partial charge < -0.3 is 15.0 Å². The summed E-state index contributed by atoms with van der Waals surface area (Å²) in [7, 11) is 3.83. The molecule has 0 saturated carbocycles. The summed E-state index contributed by atoms with van der Waals surface area (Å²) >= 11 is 0. The van der Waals surface area contributed by atoms with E-state index < -0.39 is 0 Å². The van der Waals surface area contributed by atoms with Crippen molar-refractivity contribution >= 4 is 11.6 Å². The molecule has 1 N–H and O–H groups in total. The zero-order valence-electron chi connectivity index (χ0n) is 10.4. The molecule has 90 valence electrons. The Hall–Kier alpha value is -1.36. The van der Waals surface area contributed by atoms with Crippen LogP contribution < -0.4 is 10.2 Å². The lowest BCUT2D eigenvalue weighted by Crippen LogP contribution is -2.24. The van der Waals surface area contributed by atoms with Crippen molar-refractivity contribution in [2.75, 3.05) is 37.5 Å². The lowest BCUT2D eigenvalue weighted by Gasteiger charge is -2.19. The maximum absolute atomic E-state index is 5.49. The molecule has 0 saturated heterocycles. The summed E-state index contributed by atoms with van der Waals surface area (Å²) in [6, 6.07) is 1.91. The average molecular weight is 224 g/mol. The van der Waals surface area contributed by atoms with Crippen molar-refractivity contribution in [3.8, 4) is 0 Å². The summed E-state index contributed by atoms with van der Waals surface area (Å²) in [5.41, 5.74) is 0. The van der Waals surface area contributed by atoms with Crippen molar-refractivity contribution < 1.29 is 4.74 Å². The lowest BCUT2D eigenvalue weighted by molar-refractivity contribution is 0.0845. The summed E-state index contributed by atoms with van der Waals surface area (Å²) in [5.74, 6) is 1.72. The van der Waals surface area contributed by atoms with Crippen molar-refractivity contribution in [3.63, 3.8) is 0 Å². The van der Waals surface area contributed by atoms with Crippen molar-refractivity contribution in [1.82, 2.24) is 9.97 Å². The quantitative estimate of drug-likeness (QED) is 0.791. The van der Waals surface area contributed by atoms with Gasteiger partial charge in [0.25, 0.3) is 0 Å². The molecule has 1 aromatic heterocycles. The van der Waals surface area contributed by atoms with Crippen LogP contribution in [0, 0.1) is 0 Å². The van der Waals surface area contributed by atoms with Gasteiger partial charge in [0.15, 0.2) is 0 Å². The molecule has 1 rings (SSSR count). The minimum Gasteiger partial charge on any atom is -0.377 e. The van der Waals surface area contributed by atoms with Gasteiger partial charge in [-0.2, -0.15) is 0 Å². The van der Waals surface area contributed by atoms with Crippen LogP contribution in [0.25, 0.3) is 0 Å². The maximum Gasteiger partial charge on any atom is 0.133 e. The van der Waals surface area contributed by atoms with Gasteiger partial charge in [-0.05, 0) is 13.8 Å². The Morgan fingerprint density at radius 2 is 2.19 bits per heavy atom. The van der Waals surface area contributed by atoms with E-state index in [1.165, 1.54) is 0 Å². The first-order valence-corrected chi connectivity index (χ1v) is 5.46. The van der Waals surface area contributed by atoms with Crippen LogP contribution in [0.1, 0.15) is 13.8 Å². The van der Waals surface area contributed by atoms with E-state index in [2.05, 4.69) is 15.3 Å². The van der Waals surface area contributed by atoms with Gasteiger partial charge >= 0.3 is 0 Å². The minimum absolute atomic E-state index is 0.270. The molecular formula is C11H20N4O. The van der Waals surface area contributed by atoms with E-state index in [1.54, 1.807) is 6.33 Å². The highest BCUT2D eigenvalue weighted by atomic mass is 16.5. The van der Waals surface area contributed by atoms with E-state index in [0.29, 0.717) is 6.61 Å². The number of nitrogens with one attached hydrogen (secondary N) is 1. The number of hydrogen-bond donors (Lipinski definition) is 1. The summed E-state index contributed by atoms with van der Waals surface area (Å²) in [4.78, 5) is 10.3. The summed E-state index contributed by atoms with van der Waals surface area (Å²) in [5, 5.41) is 2.99. The van der Waals surface area contributed by atoms with E-state index in [1.807, 2.05) is 38.9 Å². The van der Waals surface area contributed by atoms with Crippen LogP contribution in [-0.4, -0.2) is 43.3 Å². The Morgan fingerprint density at radius 1 is 1.44 bits per heavy atom. The zero-order chi connectivity index (χ0) is 12.0. The van der Waals surface area contributed by atoms with Gasteiger partial charge in [-0.1, -0.05) is 0 Å². The van der Waals surface area contributed by atoms with Gasteiger partial charge in [0.2, 0.25) is 0 Å². The highest BCUT2D eigenvalue weighted by molar-refractivity contribution is 5.47. The predicted molar refractivity (Wildman–Crippen MR) is 65.9 cm³/mol. The summed E-state index contributed by atoms with van der Waals surface area (Å²) in [6.45, 7) is 5.58. The first-order valence-electron chi connectivity index (χ1n) is 5.46. The second kappa shape index (κ2) is 6.27. The molecule has 0 bridgehead atoms. The fourth-order valence-corrected chi connectivity index (χ4v) is 1.23. The van der Waals surface area contributed by atoms with Crippen LogP contribution >= 0.6 is 0 Å². The number of nitrogens with zero attached hydrogens (tertiary/aromatic N) is 3. The molecule has 0 amide bonds. The zero-order valence-corrected chi connectivity index (χ0v) is 10.4. The fourth-order valence-electron chi connectivity index (χ4n) is 1.23. The Bertz CT molecular complexity index is 317. The van der Waals surface area contributed by atoms with Gasteiger partial charge in [-0.15, -0.1) is 0 Å². The van der Waals surface area contributed by atoms with Crippen LogP contribution in [-0.2, 0) is 4.74 Å².